The van der Waals surface area contributed by atoms with Gasteiger partial charge in [-0.05, 0) is 6.07 Å². The van der Waals surface area contributed by atoms with Gasteiger partial charge in [0.15, 0.2) is 11.5 Å². The summed E-state index contributed by atoms with van der Waals surface area (Å²) in [5.41, 5.74) is -0.387. The molecule has 0 aliphatic carbocycles. The highest BCUT2D eigenvalue weighted by Gasteiger charge is 2.08. The highest BCUT2D eigenvalue weighted by Crippen LogP contribution is 2.19. The van der Waals surface area contributed by atoms with Crippen LogP contribution in [-0.2, 0) is 0 Å². The van der Waals surface area contributed by atoms with Crippen LogP contribution in [0.5, 0.6) is 0 Å². The maximum atomic E-state index is 12.7. The molecule has 0 unspecified atom stereocenters. The maximum Gasteiger partial charge on any atom is 0.179 e. The van der Waals surface area contributed by atoms with Gasteiger partial charge in [-0.25, -0.2) is 9.37 Å². The Morgan fingerprint density at radius 1 is 1.55 bits per heavy atom. The molecule has 0 atom stereocenters. The van der Waals surface area contributed by atoms with E-state index in [-0.39, 0.29) is 15.9 Å². The van der Waals surface area contributed by atoms with Crippen molar-refractivity contribution in [3.63, 3.8) is 0 Å². The summed E-state index contributed by atoms with van der Waals surface area (Å²) >= 11 is 10.7. The van der Waals surface area contributed by atoms with Crippen molar-refractivity contribution in [1.82, 2.24) is 4.98 Å². The maximum absolute atomic E-state index is 12.7. The number of nitriles is 1. The van der Waals surface area contributed by atoms with Gasteiger partial charge in [-0.15, -0.1) is 0 Å². The molecule has 0 radical (unpaired) electrons. The lowest BCUT2D eigenvalue weighted by Crippen LogP contribution is -1.90. The lowest BCUT2D eigenvalue weighted by molar-refractivity contribution is 0.617. The minimum absolute atomic E-state index is 0.00736. The van der Waals surface area contributed by atoms with Crippen LogP contribution in [0.15, 0.2) is 6.07 Å². The third-order valence-corrected chi connectivity index (χ3v) is 1.46. The number of pyridine rings is 1. The second-order valence-corrected chi connectivity index (χ2v) is 2.50. The molecule has 0 aromatic carbocycles. The van der Waals surface area contributed by atoms with Gasteiger partial charge in [-0.1, -0.05) is 23.2 Å². The Bertz CT molecular complexity index is 332. The third-order valence-electron chi connectivity index (χ3n) is 0.988. The van der Waals surface area contributed by atoms with Gasteiger partial charge < -0.3 is 0 Å². The summed E-state index contributed by atoms with van der Waals surface area (Å²) in [7, 11) is 0. The molecule has 0 spiro atoms. The summed E-state index contributed by atoms with van der Waals surface area (Å²) in [5.74, 6) is -0.835. The van der Waals surface area contributed by atoms with Crippen molar-refractivity contribution in [2.45, 2.75) is 0 Å². The highest BCUT2D eigenvalue weighted by atomic mass is 35.5. The Kier molecular flexibility index (Phi) is 2.28. The first-order valence-corrected chi connectivity index (χ1v) is 3.32. The largest absolute Gasteiger partial charge is 0.222 e. The number of hydrogen-bond acceptors (Lipinski definition) is 2. The summed E-state index contributed by atoms with van der Waals surface area (Å²) in [4.78, 5) is 3.40. The molecule has 1 rings (SSSR count). The van der Waals surface area contributed by atoms with Crippen LogP contribution < -0.4 is 0 Å². The molecule has 11 heavy (non-hydrogen) atoms. The average Bonchev–Trinajstić information content (AvgIpc) is 1.96. The fraction of sp³-hybridized carbons (Fsp3) is 0. The fourth-order valence-corrected chi connectivity index (χ4v) is 0.986. The van der Waals surface area contributed by atoms with E-state index >= 15 is 0 Å². The molecule has 1 aromatic heterocycles. The van der Waals surface area contributed by atoms with Gasteiger partial charge in [0.25, 0.3) is 0 Å². The van der Waals surface area contributed by atoms with E-state index in [1.807, 2.05) is 0 Å². The van der Waals surface area contributed by atoms with Gasteiger partial charge in [-0.2, -0.15) is 5.26 Å². The van der Waals surface area contributed by atoms with Gasteiger partial charge in [0.2, 0.25) is 0 Å². The summed E-state index contributed by atoms with van der Waals surface area (Å²) in [5, 5.41) is 8.11. The zero-order valence-electron chi connectivity index (χ0n) is 5.11. The van der Waals surface area contributed by atoms with E-state index in [4.69, 9.17) is 28.5 Å². The zero-order valence-corrected chi connectivity index (χ0v) is 6.62. The van der Waals surface area contributed by atoms with Crippen molar-refractivity contribution in [1.29, 1.82) is 5.26 Å². The van der Waals surface area contributed by atoms with Crippen LogP contribution in [0, 0.1) is 17.1 Å². The lowest BCUT2D eigenvalue weighted by atomic mass is 10.3. The van der Waals surface area contributed by atoms with E-state index in [1.165, 1.54) is 6.07 Å². The van der Waals surface area contributed by atoms with Crippen LogP contribution in [0.1, 0.15) is 5.69 Å². The monoisotopic (exact) mass is 190 g/mol. The number of rotatable bonds is 0. The molecule has 0 aliphatic rings. The van der Waals surface area contributed by atoms with Gasteiger partial charge in [0.1, 0.15) is 11.2 Å². The van der Waals surface area contributed by atoms with Crippen LogP contribution in [-0.4, -0.2) is 4.98 Å². The molecule has 5 heteroatoms. The minimum Gasteiger partial charge on any atom is -0.222 e. The van der Waals surface area contributed by atoms with Crippen molar-refractivity contribution in [3.8, 4) is 6.07 Å². The van der Waals surface area contributed by atoms with E-state index in [2.05, 4.69) is 4.98 Å². The normalized spacial score (nSPS) is 9.27. The summed E-state index contributed by atoms with van der Waals surface area (Å²) in [6.45, 7) is 0. The number of aromatic nitrogens is 1. The topological polar surface area (TPSA) is 36.7 Å². The smallest absolute Gasteiger partial charge is 0.179 e. The SMILES string of the molecule is N#Cc1nc(Cl)cc(Cl)c1F. The molecule has 0 N–H and O–H groups in total. The Balaban J connectivity index is 3.39. The van der Waals surface area contributed by atoms with Crippen LogP contribution in [0.25, 0.3) is 0 Å². The van der Waals surface area contributed by atoms with Gasteiger partial charge in [-0.3, -0.25) is 0 Å². The second-order valence-electron chi connectivity index (χ2n) is 1.70. The van der Waals surface area contributed by atoms with Gasteiger partial charge in [0, 0.05) is 0 Å². The van der Waals surface area contributed by atoms with Gasteiger partial charge in [0.05, 0.1) is 5.02 Å². The van der Waals surface area contributed by atoms with Crippen molar-refractivity contribution in [2.24, 2.45) is 0 Å². The molecule has 0 saturated carbocycles. The van der Waals surface area contributed by atoms with Gasteiger partial charge >= 0.3 is 0 Å². The van der Waals surface area contributed by atoms with Crippen LogP contribution in [0.3, 0.4) is 0 Å². The molecule has 0 aliphatic heterocycles. The van der Waals surface area contributed by atoms with Crippen LogP contribution in [0.4, 0.5) is 4.39 Å². The van der Waals surface area contributed by atoms with Crippen molar-refractivity contribution >= 4 is 23.2 Å². The predicted octanol–water partition coefficient (Wildman–Crippen LogP) is 2.40. The first-order chi connectivity index (χ1) is 5.15. The zero-order chi connectivity index (χ0) is 8.43. The van der Waals surface area contributed by atoms with E-state index in [9.17, 15) is 4.39 Å². The van der Waals surface area contributed by atoms with Crippen LogP contribution in [0.2, 0.25) is 10.2 Å². The summed E-state index contributed by atoms with van der Waals surface area (Å²) < 4.78 is 12.7. The molecule has 0 amide bonds. The summed E-state index contributed by atoms with van der Waals surface area (Å²) in [6, 6.07) is 2.66. The fourth-order valence-electron chi connectivity index (χ4n) is 0.543. The van der Waals surface area contributed by atoms with E-state index in [0.29, 0.717) is 0 Å². The standard InChI is InChI=1S/C6HCl2FN2/c7-3-1-5(8)11-4(2-10)6(3)9/h1H. The van der Waals surface area contributed by atoms with Crippen molar-refractivity contribution < 1.29 is 4.39 Å². The Morgan fingerprint density at radius 3 is 2.73 bits per heavy atom. The Labute approximate surface area is 72.2 Å². The summed E-state index contributed by atoms with van der Waals surface area (Å²) in [6.07, 6.45) is 0. The molecule has 2 nitrogen and oxygen atoms in total. The third kappa shape index (κ3) is 1.59. The van der Waals surface area contributed by atoms with Crippen molar-refractivity contribution in [3.05, 3.63) is 27.8 Å². The minimum atomic E-state index is -0.835. The lowest BCUT2D eigenvalue weighted by Gasteiger charge is -1.95. The molecular weight excluding hydrogens is 190 g/mol. The van der Waals surface area contributed by atoms with Crippen LogP contribution >= 0.6 is 23.2 Å². The molecule has 56 valence electrons. The van der Waals surface area contributed by atoms with E-state index in [1.54, 1.807) is 0 Å². The van der Waals surface area contributed by atoms with E-state index in [0.717, 1.165) is 6.07 Å². The molecule has 0 bridgehead atoms. The predicted molar refractivity (Wildman–Crippen MR) is 38.9 cm³/mol. The Morgan fingerprint density at radius 2 is 2.18 bits per heavy atom. The number of nitrogens with zero attached hydrogens (tertiary/aromatic N) is 2. The molecule has 0 fully saturated rings. The second kappa shape index (κ2) is 3.04. The molecule has 1 aromatic rings. The quantitative estimate of drug-likeness (QED) is 0.590. The van der Waals surface area contributed by atoms with E-state index < -0.39 is 5.82 Å². The molecular formula is C6HCl2FN2. The molecule has 1 heterocycles. The highest BCUT2D eigenvalue weighted by molar-refractivity contribution is 6.34. The Hall–Kier alpha value is -0.850. The molecule has 0 saturated heterocycles. The average molecular weight is 191 g/mol. The first kappa shape index (κ1) is 8.25. The number of hydrogen-bond donors (Lipinski definition) is 0. The van der Waals surface area contributed by atoms with Crippen molar-refractivity contribution in [2.75, 3.05) is 0 Å². The first-order valence-electron chi connectivity index (χ1n) is 2.57. The number of halogens is 3.